The van der Waals surface area contributed by atoms with Gasteiger partial charge in [0.05, 0.1) is 17.2 Å². The van der Waals surface area contributed by atoms with Crippen LogP contribution in [0.2, 0.25) is 0 Å². The molecule has 1 amide bonds. The highest BCUT2D eigenvalue weighted by Gasteiger charge is 2.32. The van der Waals surface area contributed by atoms with E-state index in [1.807, 2.05) is 0 Å². The van der Waals surface area contributed by atoms with Crippen molar-refractivity contribution in [2.75, 3.05) is 7.05 Å². The van der Waals surface area contributed by atoms with Gasteiger partial charge in [-0.3, -0.25) is 4.79 Å². The molecule has 6 heteroatoms. The van der Waals surface area contributed by atoms with Crippen molar-refractivity contribution < 1.29 is 13.6 Å². The van der Waals surface area contributed by atoms with Crippen LogP contribution in [0.25, 0.3) is 0 Å². The Bertz CT molecular complexity index is 712. The number of hydrogen-bond donors (Lipinski definition) is 0. The van der Waals surface area contributed by atoms with E-state index in [-0.39, 0.29) is 11.9 Å². The van der Waals surface area contributed by atoms with E-state index in [2.05, 4.69) is 4.98 Å². The van der Waals surface area contributed by atoms with Crippen molar-refractivity contribution in [1.29, 1.82) is 0 Å². The second kappa shape index (κ2) is 5.76. The Morgan fingerprint density at radius 1 is 1.36 bits per heavy atom. The highest BCUT2D eigenvalue weighted by Crippen LogP contribution is 2.42. The summed E-state index contributed by atoms with van der Waals surface area (Å²) in [5.74, 6) is -1.51. The summed E-state index contributed by atoms with van der Waals surface area (Å²) in [4.78, 5) is 19.2. The summed E-state index contributed by atoms with van der Waals surface area (Å²) < 4.78 is 26.4. The third-order valence-electron chi connectivity index (χ3n) is 4.08. The number of halogens is 2. The lowest BCUT2D eigenvalue weighted by atomic mass is 10.1. The standard InChI is InChI=1S/C16H16F2N2OS/c1-9(11-5-6-12(17)13(18)7-11)20(2)16(21)15-14(10-3-4-10)19-8-22-15/h5-10H,3-4H2,1-2H3. The van der Waals surface area contributed by atoms with Crippen LogP contribution in [0.1, 0.15) is 52.7 Å². The van der Waals surface area contributed by atoms with Crippen molar-refractivity contribution in [2.45, 2.75) is 31.7 Å². The lowest BCUT2D eigenvalue weighted by Gasteiger charge is -2.25. The molecule has 0 spiro atoms. The Balaban J connectivity index is 1.82. The van der Waals surface area contributed by atoms with Gasteiger partial charge in [0.1, 0.15) is 4.88 Å². The van der Waals surface area contributed by atoms with Crippen LogP contribution in [-0.2, 0) is 0 Å². The van der Waals surface area contributed by atoms with Gasteiger partial charge in [-0.1, -0.05) is 6.07 Å². The van der Waals surface area contributed by atoms with Gasteiger partial charge >= 0.3 is 0 Å². The van der Waals surface area contributed by atoms with E-state index in [1.54, 1.807) is 24.4 Å². The molecule has 0 N–H and O–H groups in total. The molecule has 1 aliphatic rings. The average Bonchev–Trinajstić information content (AvgIpc) is 3.25. The molecule has 1 atom stereocenters. The van der Waals surface area contributed by atoms with Crippen LogP contribution < -0.4 is 0 Å². The molecule has 116 valence electrons. The Kier molecular flexibility index (Phi) is 3.95. The summed E-state index contributed by atoms with van der Waals surface area (Å²) in [6, 6.07) is 3.37. The van der Waals surface area contributed by atoms with Crippen LogP contribution in [0.3, 0.4) is 0 Å². The van der Waals surface area contributed by atoms with Gasteiger partial charge in [0.15, 0.2) is 11.6 Å². The van der Waals surface area contributed by atoms with Crippen molar-refractivity contribution in [1.82, 2.24) is 9.88 Å². The number of aromatic nitrogens is 1. The van der Waals surface area contributed by atoms with Gasteiger partial charge in [-0.05, 0) is 37.5 Å². The molecule has 1 heterocycles. The van der Waals surface area contributed by atoms with Gasteiger partial charge in [0.25, 0.3) is 5.91 Å². The number of carbonyl (C=O) groups excluding carboxylic acids is 1. The Hall–Kier alpha value is -1.82. The summed E-state index contributed by atoms with van der Waals surface area (Å²) >= 11 is 1.34. The van der Waals surface area contributed by atoms with Crippen LogP contribution in [0.4, 0.5) is 8.78 Å². The van der Waals surface area contributed by atoms with Crippen molar-refractivity contribution in [3.05, 3.63) is 51.5 Å². The molecule has 1 fully saturated rings. The molecule has 1 aromatic carbocycles. The molecular formula is C16H16F2N2OS. The first-order chi connectivity index (χ1) is 10.5. The minimum atomic E-state index is -0.901. The fourth-order valence-electron chi connectivity index (χ4n) is 2.39. The fourth-order valence-corrected chi connectivity index (χ4v) is 3.25. The molecule has 2 aromatic rings. The zero-order chi connectivity index (χ0) is 15.9. The minimum absolute atomic E-state index is 0.123. The predicted octanol–water partition coefficient (Wildman–Crippen LogP) is 4.13. The quantitative estimate of drug-likeness (QED) is 0.848. The first kappa shape index (κ1) is 15.1. The number of rotatable bonds is 4. The number of amides is 1. The molecule has 0 bridgehead atoms. The number of benzene rings is 1. The Morgan fingerprint density at radius 3 is 2.73 bits per heavy atom. The first-order valence-electron chi connectivity index (χ1n) is 7.14. The number of thiazole rings is 1. The SMILES string of the molecule is CC(c1ccc(F)c(F)c1)N(C)C(=O)c1scnc1C1CC1. The fraction of sp³-hybridized carbons (Fsp3) is 0.375. The summed E-state index contributed by atoms with van der Waals surface area (Å²) in [5, 5.41) is 0. The molecule has 3 rings (SSSR count). The maximum absolute atomic E-state index is 13.4. The molecule has 1 saturated carbocycles. The van der Waals surface area contributed by atoms with E-state index in [0.29, 0.717) is 16.4 Å². The van der Waals surface area contributed by atoms with Gasteiger partial charge in [-0.2, -0.15) is 0 Å². The van der Waals surface area contributed by atoms with Crippen LogP contribution in [0.5, 0.6) is 0 Å². The summed E-state index contributed by atoms with van der Waals surface area (Å²) in [7, 11) is 1.67. The molecule has 1 aromatic heterocycles. The maximum Gasteiger partial charge on any atom is 0.266 e. The summed E-state index contributed by atoms with van der Waals surface area (Å²) in [6.45, 7) is 1.79. The largest absolute Gasteiger partial charge is 0.334 e. The average molecular weight is 322 g/mol. The normalized spacial score (nSPS) is 15.6. The van der Waals surface area contributed by atoms with Gasteiger partial charge in [-0.25, -0.2) is 13.8 Å². The molecule has 22 heavy (non-hydrogen) atoms. The van der Waals surface area contributed by atoms with E-state index in [0.717, 1.165) is 30.7 Å². The third kappa shape index (κ3) is 2.75. The predicted molar refractivity (Wildman–Crippen MR) is 81.0 cm³/mol. The zero-order valence-electron chi connectivity index (χ0n) is 12.3. The monoisotopic (exact) mass is 322 g/mol. The maximum atomic E-state index is 13.4. The Labute approximate surface area is 131 Å². The van der Waals surface area contributed by atoms with Crippen LogP contribution in [0.15, 0.2) is 23.7 Å². The van der Waals surface area contributed by atoms with Crippen molar-refractivity contribution in [3.8, 4) is 0 Å². The smallest absolute Gasteiger partial charge is 0.266 e. The third-order valence-corrected chi connectivity index (χ3v) is 4.91. The van der Waals surface area contributed by atoms with Gasteiger partial charge < -0.3 is 4.90 Å². The highest BCUT2D eigenvalue weighted by atomic mass is 32.1. The van der Waals surface area contributed by atoms with Crippen LogP contribution in [0, 0.1) is 11.6 Å². The summed E-state index contributed by atoms with van der Waals surface area (Å²) in [5.41, 5.74) is 3.13. The van der Waals surface area contributed by atoms with E-state index < -0.39 is 11.6 Å². The van der Waals surface area contributed by atoms with Gasteiger partial charge in [-0.15, -0.1) is 11.3 Å². The molecular weight excluding hydrogens is 306 g/mol. The Morgan fingerprint density at radius 2 is 2.09 bits per heavy atom. The van der Waals surface area contributed by atoms with Crippen molar-refractivity contribution >= 4 is 17.2 Å². The second-order valence-corrected chi connectivity index (χ2v) is 6.46. The van der Waals surface area contributed by atoms with Crippen LogP contribution in [-0.4, -0.2) is 22.8 Å². The molecule has 0 aliphatic heterocycles. The van der Waals surface area contributed by atoms with E-state index in [4.69, 9.17) is 0 Å². The molecule has 3 nitrogen and oxygen atoms in total. The number of hydrogen-bond acceptors (Lipinski definition) is 3. The zero-order valence-corrected chi connectivity index (χ0v) is 13.2. The van der Waals surface area contributed by atoms with E-state index >= 15 is 0 Å². The van der Waals surface area contributed by atoms with Crippen molar-refractivity contribution in [2.24, 2.45) is 0 Å². The highest BCUT2D eigenvalue weighted by molar-refractivity contribution is 7.11. The minimum Gasteiger partial charge on any atom is -0.334 e. The topological polar surface area (TPSA) is 33.2 Å². The lowest BCUT2D eigenvalue weighted by molar-refractivity contribution is 0.0746. The molecule has 1 unspecified atom stereocenters. The first-order valence-corrected chi connectivity index (χ1v) is 8.02. The lowest BCUT2D eigenvalue weighted by Crippen LogP contribution is -2.29. The number of nitrogens with zero attached hydrogens (tertiary/aromatic N) is 2. The van der Waals surface area contributed by atoms with Crippen molar-refractivity contribution in [3.63, 3.8) is 0 Å². The molecule has 0 saturated heterocycles. The van der Waals surface area contributed by atoms with Crippen LogP contribution >= 0.6 is 11.3 Å². The van der Waals surface area contributed by atoms with Gasteiger partial charge in [0, 0.05) is 13.0 Å². The summed E-state index contributed by atoms with van der Waals surface area (Å²) in [6.07, 6.45) is 2.15. The molecule has 0 radical (unpaired) electrons. The van der Waals surface area contributed by atoms with Gasteiger partial charge in [0.2, 0.25) is 0 Å². The van der Waals surface area contributed by atoms with E-state index in [1.165, 1.54) is 17.4 Å². The molecule has 1 aliphatic carbocycles. The van der Waals surface area contributed by atoms with E-state index in [9.17, 15) is 13.6 Å². The number of carbonyl (C=O) groups is 1. The second-order valence-electron chi connectivity index (χ2n) is 5.61.